The van der Waals surface area contributed by atoms with Crippen LogP contribution in [0.15, 0.2) is 0 Å². The van der Waals surface area contributed by atoms with Crippen LogP contribution in [0.5, 0.6) is 0 Å². The third-order valence-corrected chi connectivity index (χ3v) is 5.69. The van der Waals surface area contributed by atoms with E-state index in [0.29, 0.717) is 0 Å². The molecule has 0 aliphatic carbocycles. The molecule has 0 aromatic carbocycles. The van der Waals surface area contributed by atoms with E-state index < -0.39 is 0 Å². The highest BCUT2D eigenvalue weighted by Crippen LogP contribution is 2.22. The molecule has 0 radical (unpaired) electrons. The van der Waals surface area contributed by atoms with Gasteiger partial charge in [-0.2, -0.15) is 0 Å². The zero-order valence-electron chi connectivity index (χ0n) is 18.3. The fourth-order valence-corrected chi connectivity index (χ4v) is 4.26. The Morgan fingerprint density at radius 2 is 1.29 bits per heavy atom. The summed E-state index contributed by atoms with van der Waals surface area (Å²) in [6.07, 6.45) is 10.7. The zero-order chi connectivity index (χ0) is 18.0. The first-order chi connectivity index (χ1) is 11.4. The summed E-state index contributed by atoms with van der Waals surface area (Å²) in [6, 6.07) is 0. The van der Waals surface area contributed by atoms with Gasteiger partial charge in [-0.3, -0.25) is 9.80 Å². The average molecular weight is 341 g/mol. The van der Waals surface area contributed by atoms with Crippen molar-refractivity contribution < 1.29 is 1.43 Å². The lowest BCUT2D eigenvalue weighted by molar-refractivity contribution is 0.0182. The van der Waals surface area contributed by atoms with Crippen LogP contribution >= 0.6 is 0 Å². The molecule has 24 heavy (non-hydrogen) atoms. The van der Waals surface area contributed by atoms with Crippen molar-refractivity contribution in [3.05, 3.63) is 0 Å². The largest absolute Gasteiger partial charge is 1.00 e. The summed E-state index contributed by atoms with van der Waals surface area (Å²) in [7, 11) is 0. The lowest BCUT2D eigenvalue weighted by atomic mass is 9.94. The summed E-state index contributed by atoms with van der Waals surface area (Å²) in [5, 5.41) is 0. The molecule has 0 amide bonds. The van der Waals surface area contributed by atoms with Gasteiger partial charge in [0.2, 0.25) is 0 Å². The lowest BCUT2D eigenvalue weighted by Crippen LogP contribution is -2.63. The van der Waals surface area contributed by atoms with E-state index in [0.717, 1.165) is 31.6 Å². The minimum atomic E-state index is -0.0651. The maximum Gasteiger partial charge on any atom is 1.00 e. The second-order valence-corrected chi connectivity index (χ2v) is 8.65. The monoisotopic (exact) mass is 340 g/mol. The Labute approximate surface area is 153 Å². The molecule has 2 atom stereocenters. The quantitative estimate of drug-likeness (QED) is 0.552. The van der Waals surface area contributed by atoms with Gasteiger partial charge in [0.25, 0.3) is 0 Å². The fraction of sp³-hybridized carbons (Fsp3) is 1.00. The normalized spacial score (nSPS) is 25.8. The molecule has 144 valence electrons. The van der Waals surface area contributed by atoms with Gasteiger partial charge in [0.15, 0.2) is 0 Å². The van der Waals surface area contributed by atoms with Gasteiger partial charge in [0.05, 0.1) is 6.67 Å². The summed E-state index contributed by atoms with van der Waals surface area (Å²) in [5.74, 6) is 1.67. The van der Waals surface area contributed by atoms with Crippen LogP contribution < -0.4 is 5.73 Å². The Bertz CT molecular complexity index is 294. The Kier molecular flexibility index (Phi) is 10.5. The van der Waals surface area contributed by atoms with Gasteiger partial charge in [-0.25, -0.2) is 0 Å². The molecule has 1 aliphatic rings. The van der Waals surface area contributed by atoms with Crippen molar-refractivity contribution in [1.29, 1.82) is 0 Å². The zero-order valence-corrected chi connectivity index (χ0v) is 17.3. The van der Waals surface area contributed by atoms with Crippen molar-refractivity contribution in [2.24, 2.45) is 17.6 Å². The van der Waals surface area contributed by atoms with Crippen LogP contribution in [0.1, 0.15) is 87.4 Å². The Morgan fingerprint density at radius 3 is 1.62 bits per heavy atom. The smallest absolute Gasteiger partial charge is 0.323 e. The highest BCUT2D eigenvalue weighted by atomic mass is 15.4. The molecule has 1 fully saturated rings. The Morgan fingerprint density at radius 1 is 0.875 bits per heavy atom. The number of hydrogen-bond donors (Lipinski definition) is 1. The van der Waals surface area contributed by atoms with Crippen LogP contribution in [0.25, 0.3) is 0 Å². The Balaban J connectivity index is 0.00000576. The highest BCUT2D eigenvalue weighted by molar-refractivity contribution is 4.91. The summed E-state index contributed by atoms with van der Waals surface area (Å²) in [6.45, 7) is 17.2. The van der Waals surface area contributed by atoms with Gasteiger partial charge in [-0.15, -0.1) is 0 Å². The van der Waals surface area contributed by atoms with E-state index >= 15 is 0 Å². The molecule has 0 aromatic heterocycles. The molecular formula is C21H46N3+. The van der Waals surface area contributed by atoms with E-state index in [-0.39, 0.29) is 6.97 Å². The summed E-state index contributed by atoms with van der Waals surface area (Å²) < 4.78 is 0. The van der Waals surface area contributed by atoms with E-state index in [4.69, 9.17) is 5.73 Å². The maximum absolute atomic E-state index is 6.61. The van der Waals surface area contributed by atoms with Crippen LogP contribution in [0.3, 0.4) is 0 Å². The van der Waals surface area contributed by atoms with Crippen LogP contribution in [0.4, 0.5) is 0 Å². The molecule has 1 saturated heterocycles. The first-order valence-corrected chi connectivity index (χ1v) is 10.7. The predicted octanol–water partition coefficient (Wildman–Crippen LogP) is 4.82. The van der Waals surface area contributed by atoms with Crippen molar-refractivity contribution in [1.82, 2.24) is 9.80 Å². The lowest BCUT2D eigenvalue weighted by Gasteiger charge is -2.46. The molecule has 3 heteroatoms. The number of hydrogen-bond acceptors (Lipinski definition) is 3. The number of unbranched alkanes of at least 4 members (excludes halogenated alkanes) is 2. The summed E-state index contributed by atoms with van der Waals surface area (Å²) in [5.41, 5.74) is 6.54. The van der Waals surface area contributed by atoms with Crippen molar-refractivity contribution in [2.75, 3.05) is 32.8 Å². The molecule has 0 aromatic rings. The molecule has 0 saturated carbocycles. The fourth-order valence-electron chi connectivity index (χ4n) is 4.26. The molecule has 1 heterocycles. The first kappa shape index (κ1) is 21.9. The van der Waals surface area contributed by atoms with Gasteiger partial charge < -0.3 is 5.73 Å². The van der Waals surface area contributed by atoms with Gasteiger partial charge in [0, 0.05) is 31.7 Å². The number of nitrogens with two attached hydrogens (primary N) is 1. The SMILES string of the molecule is CCCCC(CC)CN1CN(CC(CC)CCCC)CC(C)(N)C1.[H+]. The van der Waals surface area contributed by atoms with E-state index in [2.05, 4.69) is 44.4 Å². The first-order valence-electron chi connectivity index (χ1n) is 10.7. The van der Waals surface area contributed by atoms with Crippen molar-refractivity contribution in [3.63, 3.8) is 0 Å². The van der Waals surface area contributed by atoms with E-state index in [1.165, 1.54) is 64.5 Å². The highest BCUT2D eigenvalue weighted by Gasteiger charge is 2.33. The summed E-state index contributed by atoms with van der Waals surface area (Å²) >= 11 is 0. The van der Waals surface area contributed by atoms with Crippen molar-refractivity contribution >= 4 is 0 Å². The molecule has 1 rings (SSSR count). The second kappa shape index (κ2) is 11.5. The van der Waals surface area contributed by atoms with Crippen LogP contribution in [-0.2, 0) is 0 Å². The van der Waals surface area contributed by atoms with E-state index in [1.807, 2.05) is 0 Å². The van der Waals surface area contributed by atoms with Gasteiger partial charge in [-0.05, 0) is 31.6 Å². The van der Waals surface area contributed by atoms with Gasteiger partial charge in [-0.1, -0.05) is 66.2 Å². The minimum Gasteiger partial charge on any atom is -0.323 e. The van der Waals surface area contributed by atoms with Crippen molar-refractivity contribution in [3.8, 4) is 0 Å². The summed E-state index contributed by atoms with van der Waals surface area (Å²) in [4.78, 5) is 5.28. The molecule has 2 N–H and O–H groups in total. The standard InChI is InChI=1S/C21H45N3/c1-6-10-12-19(8-3)14-23-16-21(5,22)17-24(18-23)15-20(9-4)13-11-7-2/h19-20H,6-18,22H2,1-5H3/p+1. The van der Waals surface area contributed by atoms with Crippen LogP contribution in [0.2, 0.25) is 0 Å². The molecule has 1 aliphatic heterocycles. The predicted molar refractivity (Wildman–Crippen MR) is 108 cm³/mol. The average Bonchev–Trinajstić information content (AvgIpc) is 2.53. The molecule has 0 bridgehead atoms. The topological polar surface area (TPSA) is 32.5 Å². The third-order valence-electron chi connectivity index (χ3n) is 5.69. The van der Waals surface area contributed by atoms with E-state index in [1.54, 1.807) is 0 Å². The van der Waals surface area contributed by atoms with Gasteiger partial charge in [0.1, 0.15) is 0 Å². The number of rotatable bonds is 12. The third kappa shape index (κ3) is 8.31. The van der Waals surface area contributed by atoms with Crippen LogP contribution in [-0.4, -0.2) is 48.2 Å². The Hall–Kier alpha value is -0.120. The second-order valence-electron chi connectivity index (χ2n) is 8.65. The van der Waals surface area contributed by atoms with Crippen LogP contribution in [0, 0.1) is 11.8 Å². The van der Waals surface area contributed by atoms with E-state index in [9.17, 15) is 0 Å². The van der Waals surface area contributed by atoms with Gasteiger partial charge >= 0.3 is 1.43 Å². The minimum absolute atomic E-state index is 0. The number of nitrogens with zero attached hydrogens (tertiary/aromatic N) is 2. The molecule has 3 nitrogen and oxygen atoms in total. The molecular weight excluding hydrogens is 294 g/mol. The maximum atomic E-state index is 6.61. The van der Waals surface area contributed by atoms with Crippen molar-refractivity contribution in [2.45, 2.75) is 91.5 Å². The molecule has 0 spiro atoms. The molecule has 2 unspecified atom stereocenters.